The van der Waals surface area contributed by atoms with Gasteiger partial charge in [0.25, 0.3) is 0 Å². The minimum absolute atomic E-state index is 0.0159. The van der Waals surface area contributed by atoms with Crippen LogP contribution >= 0.6 is 0 Å². The normalized spacial score (nSPS) is 25.4. The summed E-state index contributed by atoms with van der Waals surface area (Å²) in [6.07, 6.45) is 9.10. The van der Waals surface area contributed by atoms with Crippen molar-refractivity contribution < 1.29 is 14.7 Å². The van der Waals surface area contributed by atoms with E-state index in [4.69, 9.17) is 5.11 Å². The van der Waals surface area contributed by atoms with E-state index in [9.17, 15) is 9.59 Å². The average Bonchev–Trinajstić information content (AvgIpc) is 2.58. The summed E-state index contributed by atoms with van der Waals surface area (Å²) in [4.78, 5) is 22.1. The predicted octanol–water partition coefficient (Wildman–Crippen LogP) is 2.62. The molecule has 0 saturated heterocycles. The van der Waals surface area contributed by atoms with Crippen LogP contribution in [0.2, 0.25) is 0 Å². The molecule has 0 aromatic carbocycles. The van der Waals surface area contributed by atoms with E-state index in [0.717, 1.165) is 19.3 Å². The Labute approximate surface area is 96.5 Å². The Morgan fingerprint density at radius 3 is 2.88 bits per heavy atom. The second kappa shape index (κ2) is 6.46. The number of allylic oxidation sites excluding steroid dienone is 2. The summed E-state index contributed by atoms with van der Waals surface area (Å²) in [6.45, 7) is 2.06. The maximum Gasteiger partial charge on any atom is 0.303 e. The molecule has 0 bridgehead atoms. The molecule has 0 amide bonds. The lowest BCUT2D eigenvalue weighted by Gasteiger charge is -2.15. The zero-order valence-corrected chi connectivity index (χ0v) is 9.69. The molecular weight excluding hydrogens is 204 g/mol. The lowest BCUT2D eigenvalue weighted by molar-refractivity contribution is -0.136. The molecule has 89 valence electrons. The van der Waals surface area contributed by atoms with Gasteiger partial charge in [-0.2, -0.15) is 0 Å². The highest BCUT2D eigenvalue weighted by atomic mass is 16.4. The van der Waals surface area contributed by atoms with Gasteiger partial charge < -0.3 is 5.11 Å². The molecular formula is C13H19O3. The van der Waals surface area contributed by atoms with Gasteiger partial charge in [0.15, 0.2) is 0 Å². The second-order valence-electron chi connectivity index (χ2n) is 4.22. The van der Waals surface area contributed by atoms with Crippen molar-refractivity contribution in [1.82, 2.24) is 0 Å². The van der Waals surface area contributed by atoms with E-state index < -0.39 is 5.97 Å². The number of carboxylic acids is 1. The highest BCUT2D eigenvalue weighted by molar-refractivity contribution is 5.84. The first-order valence-electron chi connectivity index (χ1n) is 5.88. The van der Waals surface area contributed by atoms with Gasteiger partial charge in [-0.15, -0.1) is 0 Å². The molecule has 3 heteroatoms. The second-order valence-corrected chi connectivity index (χ2v) is 4.22. The number of carbonyl (C=O) groups excluding carboxylic acids is 1. The zero-order chi connectivity index (χ0) is 12.0. The zero-order valence-electron chi connectivity index (χ0n) is 9.69. The van der Waals surface area contributed by atoms with E-state index in [0.29, 0.717) is 6.42 Å². The molecule has 1 rings (SSSR count). The van der Waals surface area contributed by atoms with Gasteiger partial charge in [0.1, 0.15) is 5.78 Å². The van der Waals surface area contributed by atoms with Crippen molar-refractivity contribution in [1.29, 1.82) is 0 Å². The molecule has 1 radical (unpaired) electrons. The van der Waals surface area contributed by atoms with E-state index in [1.807, 2.05) is 6.08 Å². The number of carbonyl (C=O) groups is 2. The molecule has 0 aliphatic heterocycles. The molecule has 1 saturated carbocycles. The van der Waals surface area contributed by atoms with Gasteiger partial charge in [0.2, 0.25) is 0 Å². The molecule has 0 spiro atoms. The summed E-state index contributed by atoms with van der Waals surface area (Å²) in [7, 11) is 0. The van der Waals surface area contributed by atoms with Gasteiger partial charge in [-0.3, -0.25) is 9.59 Å². The monoisotopic (exact) mass is 223 g/mol. The molecule has 2 atom stereocenters. The molecule has 3 nitrogen and oxygen atoms in total. The summed E-state index contributed by atoms with van der Waals surface area (Å²) in [5.41, 5.74) is 0. The first-order chi connectivity index (χ1) is 7.65. The van der Waals surface area contributed by atoms with Crippen LogP contribution in [0.4, 0.5) is 0 Å². The van der Waals surface area contributed by atoms with Crippen LogP contribution in [0, 0.1) is 18.3 Å². The van der Waals surface area contributed by atoms with Crippen LogP contribution in [0.5, 0.6) is 0 Å². The molecule has 1 N–H and O–H groups in total. The Hall–Kier alpha value is -1.12. The van der Waals surface area contributed by atoms with Crippen LogP contribution in [0.15, 0.2) is 12.2 Å². The number of hydrogen-bond acceptors (Lipinski definition) is 2. The van der Waals surface area contributed by atoms with Gasteiger partial charge in [0, 0.05) is 18.8 Å². The van der Waals surface area contributed by atoms with Crippen LogP contribution < -0.4 is 0 Å². The molecule has 0 unspecified atom stereocenters. The van der Waals surface area contributed by atoms with Crippen LogP contribution in [0.3, 0.4) is 0 Å². The summed E-state index contributed by atoms with van der Waals surface area (Å²) in [6, 6.07) is 0. The number of ketones is 1. The fraction of sp³-hybridized carbons (Fsp3) is 0.615. The lowest BCUT2D eigenvalue weighted by Crippen LogP contribution is -2.15. The number of Topliss-reactive ketones (excluding diaryl/α,β-unsaturated/α-hetero) is 1. The van der Waals surface area contributed by atoms with Crippen molar-refractivity contribution >= 4 is 11.8 Å². The maximum absolute atomic E-state index is 11.6. The van der Waals surface area contributed by atoms with Crippen LogP contribution in [0.1, 0.15) is 39.0 Å². The molecule has 0 heterocycles. The van der Waals surface area contributed by atoms with Gasteiger partial charge in [-0.25, -0.2) is 0 Å². The molecule has 1 fully saturated rings. The molecule has 0 aromatic rings. The Bertz CT molecular complexity index is 281. The SMILES string of the molecule is CC/C=C\C[C@@H]1C(=O)CC[C@@H]1[CH]CC(=O)O. The van der Waals surface area contributed by atoms with Crippen molar-refractivity contribution in [3.63, 3.8) is 0 Å². The van der Waals surface area contributed by atoms with E-state index in [1.54, 1.807) is 6.42 Å². The summed E-state index contributed by atoms with van der Waals surface area (Å²) < 4.78 is 0. The Morgan fingerprint density at radius 1 is 1.50 bits per heavy atom. The molecule has 0 aromatic heterocycles. The van der Waals surface area contributed by atoms with Crippen molar-refractivity contribution in [2.24, 2.45) is 11.8 Å². The quantitative estimate of drug-likeness (QED) is 0.704. The third-order valence-electron chi connectivity index (χ3n) is 3.04. The van der Waals surface area contributed by atoms with Gasteiger partial charge >= 0.3 is 5.97 Å². The van der Waals surface area contributed by atoms with E-state index >= 15 is 0 Å². The van der Waals surface area contributed by atoms with Crippen molar-refractivity contribution in [2.75, 3.05) is 0 Å². The third kappa shape index (κ3) is 3.80. The minimum atomic E-state index is -0.817. The van der Waals surface area contributed by atoms with Crippen LogP contribution in [0.25, 0.3) is 0 Å². The third-order valence-corrected chi connectivity index (χ3v) is 3.04. The summed E-state index contributed by atoms with van der Waals surface area (Å²) in [5.74, 6) is -0.359. The Balaban J connectivity index is 2.45. The molecule has 16 heavy (non-hydrogen) atoms. The molecule has 1 aliphatic carbocycles. The van der Waals surface area contributed by atoms with Crippen molar-refractivity contribution in [2.45, 2.75) is 39.0 Å². The minimum Gasteiger partial charge on any atom is -0.481 e. The van der Waals surface area contributed by atoms with E-state index in [2.05, 4.69) is 13.0 Å². The highest BCUT2D eigenvalue weighted by Gasteiger charge is 2.33. The molecule has 1 aliphatic rings. The predicted molar refractivity (Wildman–Crippen MR) is 61.8 cm³/mol. The van der Waals surface area contributed by atoms with Crippen molar-refractivity contribution in [3.8, 4) is 0 Å². The number of hydrogen-bond donors (Lipinski definition) is 1. The smallest absolute Gasteiger partial charge is 0.303 e. The number of rotatable bonds is 6. The first-order valence-corrected chi connectivity index (χ1v) is 5.88. The average molecular weight is 223 g/mol. The van der Waals surface area contributed by atoms with Gasteiger partial charge in [0.05, 0.1) is 0 Å². The largest absolute Gasteiger partial charge is 0.481 e. The highest BCUT2D eigenvalue weighted by Crippen LogP contribution is 2.34. The van der Waals surface area contributed by atoms with Gasteiger partial charge in [-0.1, -0.05) is 19.1 Å². The topological polar surface area (TPSA) is 54.4 Å². The fourth-order valence-electron chi connectivity index (χ4n) is 2.18. The van der Waals surface area contributed by atoms with Gasteiger partial charge in [-0.05, 0) is 31.6 Å². The number of aliphatic carboxylic acids is 1. The van der Waals surface area contributed by atoms with Crippen LogP contribution in [-0.4, -0.2) is 16.9 Å². The first kappa shape index (κ1) is 12.9. The Morgan fingerprint density at radius 2 is 2.25 bits per heavy atom. The number of carboxylic acid groups (broad SMARTS) is 1. The maximum atomic E-state index is 11.6. The van der Waals surface area contributed by atoms with Crippen molar-refractivity contribution in [3.05, 3.63) is 18.6 Å². The Kier molecular flexibility index (Phi) is 5.23. The van der Waals surface area contributed by atoms with Crippen LogP contribution in [-0.2, 0) is 9.59 Å². The van der Waals surface area contributed by atoms with E-state index in [-0.39, 0.29) is 24.0 Å². The van der Waals surface area contributed by atoms with E-state index in [1.165, 1.54) is 0 Å². The lowest BCUT2D eigenvalue weighted by atomic mass is 9.88. The summed E-state index contributed by atoms with van der Waals surface area (Å²) >= 11 is 0. The summed E-state index contributed by atoms with van der Waals surface area (Å²) in [5, 5.41) is 8.61. The fourth-order valence-corrected chi connectivity index (χ4v) is 2.18. The standard InChI is InChI=1S/C13H19O3/c1-2-3-4-5-11-10(6-8-12(11)14)7-9-13(15)16/h3-4,7,10-11H,2,5-6,8-9H2,1H3,(H,15,16)/b4-3-/t10-,11+/m1/s1.